The zero-order chi connectivity index (χ0) is 17.0. The standard InChI is InChI=1S/C19H30O5.AsH3/c1-3-5-7-20-8-9-21-10-11-22-14-17-13-19-18(23-15-24-19)12-16(17)6-4-2;/h12-13H,3-11,14-15H2,1-2H3;1H3. The molecular weight excluding hydrogens is 383 g/mol. The van der Waals surface area contributed by atoms with Crippen molar-refractivity contribution in [1.29, 1.82) is 0 Å². The van der Waals surface area contributed by atoms with E-state index in [1.54, 1.807) is 0 Å². The summed E-state index contributed by atoms with van der Waals surface area (Å²) in [5.41, 5.74) is 2.44. The second-order valence-corrected chi connectivity index (χ2v) is 5.86. The molecule has 6 heteroatoms. The van der Waals surface area contributed by atoms with E-state index in [4.69, 9.17) is 23.7 Å². The number of aryl methyl sites for hydroxylation is 1. The summed E-state index contributed by atoms with van der Waals surface area (Å²) >= 11 is 0. The minimum atomic E-state index is 0. The molecule has 0 amide bonds. The first-order chi connectivity index (χ1) is 11.8. The maximum absolute atomic E-state index is 5.75. The molecule has 144 valence electrons. The Morgan fingerprint density at radius 2 is 1.40 bits per heavy atom. The summed E-state index contributed by atoms with van der Waals surface area (Å²) in [6, 6.07) is 4.12. The van der Waals surface area contributed by atoms with Gasteiger partial charge in [-0.15, -0.1) is 0 Å². The first-order valence-corrected chi connectivity index (χ1v) is 8.99. The van der Waals surface area contributed by atoms with E-state index >= 15 is 0 Å². The first-order valence-electron chi connectivity index (χ1n) is 8.99. The van der Waals surface area contributed by atoms with Crippen LogP contribution >= 0.6 is 0 Å². The molecule has 1 aliphatic rings. The van der Waals surface area contributed by atoms with Crippen LogP contribution in [0.15, 0.2) is 12.1 Å². The number of ether oxygens (including phenoxy) is 5. The van der Waals surface area contributed by atoms with E-state index < -0.39 is 0 Å². The van der Waals surface area contributed by atoms with E-state index in [1.807, 2.05) is 6.07 Å². The van der Waals surface area contributed by atoms with Gasteiger partial charge in [-0.25, -0.2) is 0 Å². The van der Waals surface area contributed by atoms with Gasteiger partial charge in [0.05, 0.1) is 33.0 Å². The molecule has 0 spiro atoms. The van der Waals surface area contributed by atoms with Gasteiger partial charge in [0.1, 0.15) is 0 Å². The molecule has 25 heavy (non-hydrogen) atoms. The molecular formula is C19H33AsO5. The molecule has 0 saturated carbocycles. The molecule has 1 aromatic carbocycles. The van der Waals surface area contributed by atoms with E-state index in [0.717, 1.165) is 43.8 Å². The average molecular weight is 416 g/mol. The van der Waals surface area contributed by atoms with Crippen LogP contribution in [0.5, 0.6) is 11.5 Å². The molecule has 1 unspecified atom stereocenters. The van der Waals surface area contributed by atoms with Crippen molar-refractivity contribution in [3.63, 3.8) is 0 Å². The van der Waals surface area contributed by atoms with Gasteiger partial charge in [0.2, 0.25) is 6.79 Å². The van der Waals surface area contributed by atoms with Crippen LogP contribution in [0.2, 0.25) is 0 Å². The summed E-state index contributed by atoms with van der Waals surface area (Å²) in [4.78, 5) is 0. The Labute approximate surface area is 162 Å². The van der Waals surface area contributed by atoms with E-state index in [-0.39, 0.29) is 18.0 Å². The normalized spacial score (nSPS) is 12.2. The van der Waals surface area contributed by atoms with E-state index in [9.17, 15) is 0 Å². The van der Waals surface area contributed by atoms with Crippen molar-refractivity contribution in [2.45, 2.75) is 46.1 Å². The van der Waals surface area contributed by atoms with Crippen molar-refractivity contribution in [2.24, 2.45) is 0 Å². The van der Waals surface area contributed by atoms with Crippen LogP contribution in [-0.4, -0.2) is 57.8 Å². The van der Waals surface area contributed by atoms with Crippen molar-refractivity contribution < 1.29 is 23.7 Å². The molecule has 0 bridgehead atoms. The van der Waals surface area contributed by atoms with Crippen molar-refractivity contribution in [2.75, 3.05) is 39.8 Å². The molecule has 0 saturated heterocycles. The third kappa shape index (κ3) is 8.00. The SMILES string of the molecule is CCCCOCCOCCOCc1cc2c(cc1CCC)OCO2.[AsH3]. The Morgan fingerprint density at radius 1 is 0.800 bits per heavy atom. The zero-order valence-corrected chi connectivity index (χ0v) is 18.6. The molecule has 1 heterocycles. The van der Waals surface area contributed by atoms with Crippen LogP contribution in [0.4, 0.5) is 0 Å². The summed E-state index contributed by atoms with van der Waals surface area (Å²) in [6.45, 7) is 8.47. The fraction of sp³-hybridized carbons (Fsp3) is 0.684. The molecule has 1 aliphatic heterocycles. The summed E-state index contributed by atoms with van der Waals surface area (Å²) in [5.74, 6) is 1.66. The van der Waals surface area contributed by atoms with Crippen LogP contribution in [0.3, 0.4) is 0 Å². The van der Waals surface area contributed by atoms with Crippen molar-refractivity contribution in [1.82, 2.24) is 0 Å². The summed E-state index contributed by atoms with van der Waals surface area (Å²) < 4.78 is 27.6. The van der Waals surface area contributed by atoms with Gasteiger partial charge in [0, 0.05) is 6.61 Å². The predicted octanol–water partition coefficient (Wildman–Crippen LogP) is 2.53. The minimum absolute atomic E-state index is 0. The fourth-order valence-electron chi connectivity index (χ4n) is 2.53. The van der Waals surface area contributed by atoms with Crippen LogP contribution in [-0.2, 0) is 27.2 Å². The van der Waals surface area contributed by atoms with Crippen LogP contribution in [0.25, 0.3) is 0 Å². The van der Waals surface area contributed by atoms with Gasteiger partial charge in [0.25, 0.3) is 0 Å². The number of hydrogen-bond donors (Lipinski definition) is 0. The molecule has 2 rings (SSSR count). The second-order valence-electron chi connectivity index (χ2n) is 5.86. The Kier molecular flexibility index (Phi) is 12.0. The van der Waals surface area contributed by atoms with E-state index in [2.05, 4.69) is 19.9 Å². The number of unbranched alkanes of at least 4 members (excludes halogenated alkanes) is 1. The average Bonchev–Trinajstić information content (AvgIpc) is 3.04. The quantitative estimate of drug-likeness (QED) is 0.365. The monoisotopic (exact) mass is 416 g/mol. The molecule has 0 aliphatic carbocycles. The second kappa shape index (κ2) is 13.5. The Balaban J connectivity index is 0.00000312. The third-order valence-electron chi connectivity index (χ3n) is 3.86. The first kappa shape index (κ1) is 22.3. The van der Waals surface area contributed by atoms with Gasteiger partial charge >= 0.3 is 18.0 Å². The Bertz CT molecular complexity index is 481. The maximum atomic E-state index is 5.75. The molecule has 1 aromatic rings. The van der Waals surface area contributed by atoms with E-state index in [0.29, 0.717) is 39.8 Å². The Morgan fingerprint density at radius 3 is 2.04 bits per heavy atom. The summed E-state index contributed by atoms with van der Waals surface area (Å²) in [7, 11) is 0. The van der Waals surface area contributed by atoms with Crippen LogP contribution < -0.4 is 9.47 Å². The van der Waals surface area contributed by atoms with Crippen LogP contribution in [0.1, 0.15) is 44.2 Å². The van der Waals surface area contributed by atoms with Gasteiger partial charge in [-0.05, 0) is 36.1 Å². The molecule has 0 aromatic heterocycles. The van der Waals surface area contributed by atoms with Gasteiger partial charge < -0.3 is 23.7 Å². The molecule has 1 atom stereocenters. The third-order valence-corrected chi connectivity index (χ3v) is 3.86. The Hall–Kier alpha value is -0.742. The number of rotatable bonds is 13. The molecule has 5 nitrogen and oxygen atoms in total. The van der Waals surface area contributed by atoms with Gasteiger partial charge in [-0.2, -0.15) is 0 Å². The van der Waals surface area contributed by atoms with E-state index in [1.165, 1.54) is 11.1 Å². The summed E-state index contributed by atoms with van der Waals surface area (Å²) in [5, 5.41) is 0. The number of fused-ring (bicyclic) bond motifs is 1. The summed E-state index contributed by atoms with van der Waals surface area (Å²) in [6.07, 6.45) is 4.38. The van der Waals surface area contributed by atoms with Gasteiger partial charge in [0.15, 0.2) is 11.5 Å². The molecule has 0 radical (unpaired) electrons. The fourth-order valence-corrected chi connectivity index (χ4v) is 2.53. The number of benzene rings is 1. The molecule has 0 fully saturated rings. The predicted molar refractivity (Wildman–Crippen MR) is 103 cm³/mol. The van der Waals surface area contributed by atoms with Crippen LogP contribution in [0, 0.1) is 0 Å². The van der Waals surface area contributed by atoms with Crippen molar-refractivity contribution in [3.05, 3.63) is 23.3 Å². The zero-order valence-electron chi connectivity index (χ0n) is 15.7. The van der Waals surface area contributed by atoms with Crippen molar-refractivity contribution >= 4 is 18.0 Å². The van der Waals surface area contributed by atoms with Gasteiger partial charge in [-0.3, -0.25) is 0 Å². The van der Waals surface area contributed by atoms with Gasteiger partial charge in [-0.1, -0.05) is 26.7 Å². The topological polar surface area (TPSA) is 46.2 Å². The molecule has 0 N–H and O–H groups in total. The number of hydrogen-bond acceptors (Lipinski definition) is 5. The van der Waals surface area contributed by atoms with Crippen molar-refractivity contribution in [3.8, 4) is 11.5 Å².